The Morgan fingerprint density at radius 2 is 2.00 bits per heavy atom. The van der Waals surface area contributed by atoms with E-state index in [0.29, 0.717) is 30.8 Å². The maximum atomic E-state index is 12.3. The van der Waals surface area contributed by atoms with Gasteiger partial charge in [-0.05, 0) is 44.5 Å². The van der Waals surface area contributed by atoms with Crippen LogP contribution in [0.5, 0.6) is 0 Å². The molecule has 2 heterocycles. The highest BCUT2D eigenvalue weighted by atomic mass is 16.5. The van der Waals surface area contributed by atoms with Gasteiger partial charge < -0.3 is 15.0 Å². The van der Waals surface area contributed by atoms with Gasteiger partial charge in [0.05, 0.1) is 18.7 Å². The highest BCUT2D eigenvalue weighted by molar-refractivity contribution is 5.99. The van der Waals surface area contributed by atoms with Crippen molar-refractivity contribution in [2.45, 2.75) is 33.4 Å². The lowest BCUT2D eigenvalue weighted by Crippen LogP contribution is -2.22. The standard InChI is InChI=1S/C20H23N3O3/c1-4-23-12-17-16(19(23)24)10-11-21-18(17)22-13(3)14-6-8-15(9-7-14)20(25)26-5-2/h6-11,13H,4-5,12H2,1-3H3,(H,21,22). The molecule has 0 fully saturated rings. The SMILES string of the molecule is CCOC(=O)c1ccc(C(C)Nc2nccc3c2CN(CC)C3=O)cc1. The summed E-state index contributed by atoms with van der Waals surface area (Å²) >= 11 is 0. The maximum Gasteiger partial charge on any atom is 0.338 e. The summed E-state index contributed by atoms with van der Waals surface area (Å²) in [7, 11) is 0. The summed E-state index contributed by atoms with van der Waals surface area (Å²) in [5.74, 6) is 0.466. The number of hydrogen-bond acceptors (Lipinski definition) is 5. The molecular weight excluding hydrogens is 330 g/mol. The molecular formula is C20H23N3O3. The molecule has 0 radical (unpaired) electrons. The Kier molecular flexibility index (Phi) is 5.21. The summed E-state index contributed by atoms with van der Waals surface area (Å²) in [6.07, 6.45) is 1.66. The van der Waals surface area contributed by atoms with Crippen LogP contribution in [0.15, 0.2) is 36.5 Å². The van der Waals surface area contributed by atoms with Gasteiger partial charge in [0.25, 0.3) is 5.91 Å². The van der Waals surface area contributed by atoms with E-state index in [0.717, 1.165) is 16.9 Å². The molecule has 6 heteroatoms. The number of aromatic nitrogens is 1. The van der Waals surface area contributed by atoms with Crippen LogP contribution >= 0.6 is 0 Å². The molecule has 1 amide bonds. The predicted molar refractivity (Wildman–Crippen MR) is 99.1 cm³/mol. The van der Waals surface area contributed by atoms with Gasteiger partial charge in [0, 0.05) is 29.9 Å². The van der Waals surface area contributed by atoms with Gasteiger partial charge in [-0.15, -0.1) is 0 Å². The number of esters is 1. The van der Waals surface area contributed by atoms with Gasteiger partial charge in [-0.3, -0.25) is 4.79 Å². The van der Waals surface area contributed by atoms with Crippen LogP contribution in [-0.4, -0.2) is 34.9 Å². The van der Waals surface area contributed by atoms with Crippen LogP contribution < -0.4 is 5.32 Å². The molecule has 1 N–H and O–H groups in total. The van der Waals surface area contributed by atoms with Crippen LogP contribution in [-0.2, 0) is 11.3 Å². The summed E-state index contributed by atoms with van der Waals surface area (Å²) in [6.45, 7) is 7.39. The number of carbonyl (C=O) groups is 2. The van der Waals surface area contributed by atoms with Crippen molar-refractivity contribution in [3.05, 3.63) is 58.8 Å². The molecule has 1 aliphatic rings. The fraction of sp³-hybridized carbons (Fsp3) is 0.350. The van der Waals surface area contributed by atoms with Crippen molar-refractivity contribution >= 4 is 17.7 Å². The first kappa shape index (κ1) is 17.9. The molecule has 1 aliphatic heterocycles. The van der Waals surface area contributed by atoms with Crippen LogP contribution in [0.2, 0.25) is 0 Å². The van der Waals surface area contributed by atoms with Crippen LogP contribution in [0.25, 0.3) is 0 Å². The summed E-state index contributed by atoms with van der Waals surface area (Å²) in [5.41, 5.74) is 3.21. The fourth-order valence-electron chi connectivity index (χ4n) is 3.08. The number of benzene rings is 1. The van der Waals surface area contributed by atoms with E-state index < -0.39 is 0 Å². The molecule has 0 bridgehead atoms. The summed E-state index contributed by atoms with van der Waals surface area (Å²) in [4.78, 5) is 30.3. The average molecular weight is 353 g/mol. The van der Waals surface area contributed by atoms with E-state index in [9.17, 15) is 9.59 Å². The molecule has 0 saturated heterocycles. The lowest BCUT2D eigenvalue weighted by Gasteiger charge is -2.17. The topological polar surface area (TPSA) is 71.5 Å². The second-order valence-electron chi connectivity index (χ2n) is 6.21. The second kappa shape index (κ2) is 7.56. The zero-order valence-corrected chi connectivity index (χ0v) is 15.3. The highest BCUT2D eigenvalue weighted by Crippen LogP contribution is 2.29. The number of nitrogens with one attached hydrogen (secondary N) is 1. The first-order valence-electron chi connectivity index (χ1n) is 8.85. The molecule has 1 atom stereocenters. The van der Waals surface area contributed by atoms with Gasteiger partial charge in [0.2, 0.25) is 0 Å². The van der Waals surface area contributed by atoms with Crippen LogP contribution in [0.4, 0.5) is 5.82 Å². The Balaban J connectivity index is 1.76. The largest absolute Gasteiger partial charge is 0.462 e. The molecule has 6 nitrogen and oxygen atoms in total. The lowest BCUT2D eigenvalue weighted by molar-refractivity contribution is 0.0526. The van der Waals surface area contributed by atoms with Gasteiger partial charge in [0.15, 0.2) is 0 Å². The minimum Gasteiger partial charge on any atom is -0.462 e. The van der Waals surface area contributed by atoms with Crippen LogP contribution in [0.3, 0.4) is 0 Å². The van der Waals surface area contributed by atoms with E-state index in [-0.39, 0.29) is 17.9 Å². The Hall–Kier alpha value is -2.89. The van der Waals surface area contributed by atoms with E-state index in [4.69, 9.17) is 4.74 Å². The van der Waals surface area contributed by atoms with Crippen LogP contribution in [0, 0.1) is 0 Å². The summed E-state index contributed by atoms with van der Waals surface area (Å²) < 4.78 is 5.00. The van der Waals surface area contributed by atoms with Gasteiger partial charge in [0.1, 0.15) is 5.82 Å². The smallest absolute Gasteiger partial charge is 0.338 e. The third-order valence-electron chi connectivity index (χ3n) is 4.58. The second-order valence-corrected chi connectivity index (χ2v) is 6.21. The minimum atomic E-state index is -0.319. The zero-order valence-electron chi connectivity index (χ0n) is 15.3. The monoisotopic (exact) mass is 353 g/mol. The number of fused-ring (bicyclic) bond motifs is 1. The van der Waals surface area contributed by atoms with Gasteiger partial charge in [-0.1, -0.05) is 12.1 Å². The molecule has 1 unspecified atom stereocenters. The van der Waals surface area contributed by atoms with Crippen molar-refractivity contribution < 1.29 is 14.3 Å². The molecule has 2 aromatic rings. The van der Waals surface area contributed by atoms with E-state index in [2.05, 4.69) is 10.3 Å². The lowest BCUT2D eigenvalue weighted by atomic mass is 10.1. The number of pyridine rings is 1. The van der Waals surface area contributed by atoms with Crippen molar-refractivity contribution in [1.29, 1.82) is 0 Å². The number of carbonyl (C=O) groups excluding carboxylic acids is 2. The third-order valence-corrected chi connectivity index (χ3v) is 4.58. The highest BCUT2D eigenvalue weighted by Gasteiger charge is 2.29. The Labute approximate surface area is 153 Å². The van der Waals surface area contributed by atoms with Gasteiger partial charge >= 0.3 is 5.97 Å². The quantitative estimate of drug-likeness (QED) is 0.806. The molecule has 1 aromatic heterocycles. The maximum absolute atomic E-state index is 12.3. The van der Waals surface area contributed by atoms with Gasteiger partial charge in [-0.2, -0.15) is 0 Å². The average Bonchev–Trinajstić information content (AvgIpc) is 2.99. The molecule has 136 valence electrons. The van der Waals surface area contributed by atoms with Crippen molar-refractivity contribution in [2.75, 3.05) is 18.5 Å². The molecule has 3 rings (SSSR count). The number of hydrogen-bond donors (Lipinski definition) is 1. The van der Waals surface area contributed by atoms with E-state index in [1.54, 1.807) is 36.2 Å². The number of rotatable bonds is 6. The third kappa shape index (κ3) is 3.40. The van der Waals surface area contributed by atoms with Crippen molar-refractivity contribution in [2.24, 2.45) is 0 Å². The predicted octanol–water partition coefficient (Wildman–Crippen LogP) is 3.41. The first-order valence-corrected chi connectivity index (χ1v) is 8.85. The van der Waals surface area contributed by atoms with Crippen molar-refractivity contribution in [3.8, 4) is 0 Å². The number of amides is 1. The normalized spacial score (nSPS) is 14.1. The van der Waals surface area contributed by atoms with E-state index >= 15 is 0 Å². The zero-order chi connectivity index (χ0) is 18.7. The van der Waals surface area contributed by atoms with Crippen molar-refractivity contribution in [3.63, 3.8) is 0 Å². The molecule has 1 aromatic carbocycles. The van der Waals surface area contributed by atoms with E-state index in [1.165, 1.54) is 0 Å². The molecule has 26 heavy (non-hydrogen) atoms. The summed E-state index contributed by atoms with van der Waals surface area (Å²) in [6, 6.07) is 9.08. The molecule has 0 spiro atoms. The Morgan fingerprint density at radius 3 is 2.65 bits per heavy atom. The number of ether oxygens (including phenoxy) is 1. The molecule has 0 saturated carbocycles. The number of anilines is 1. The molecule has 0 aliphatic carbocycles. The van der Waals surface area contributed by atoms with Crippen LogP contribution in [0.1, 0.15) is 58.7 Å². The Morgan fingerprint density at radius 1 is 1.27 bits per heavy atom. The fourth-order valence-corrected chi connectivity index (χ4v) is 3.08. The number of nitrogens with zero attached hydrogens (tertiary/aromatic N) is 2. The minimum absolute atomic E-state index is 0.0176. The van der Waals surface area contributed by atoms with Crippen molar-refractivity contribution in [1.82, 2.24) is 9.88 Å². The van der Waals surface area contributed by atoms with Gasteiger partial charge in [-0.25, -0.2) is 9.78 Å². The van der Waals surface area contributed by atoms with E-state index in [1.807, 2.05) is 26.0 Å². The first-order chi connectivity index (χ1) is 12.5. The summed E-state index contributed by atoms with van der Waals surface area (Å²) in [5, 5.41) is 3.39. The Bertz CT molecular complexity index is 818.